The Morgan fingerprint density at radius 3 is 2.23 bits per heavy atom. The van der Waals surface area contributed by atoms with Crippen LogP contribution < -0.4 is 10.6 Å². The van der Waals surface area contributed by atoms with E-state index >= 15 is 0 Å². The maximum absolute atomic E-state index is 12.9. The van der Waals surface area contributed by atoms with Gasteiger partial charge in [0.05, 0.1) is 21.3 Å². The monoisotopic (exact) mass is 474 g/mol. The molecule has 0 saturated carbocycles. The number of benzene rings is 3. The average Bonchev–Trinajstić information content (AvgIpc) is 3.08. The van der Waals surface area contributed by atoms with Gasteiger partial charge in [0.2, 0.25) is 0 Å². The van der Waals surface area contributed by atoms with Gasteiger partial charge in [0.25, 0.3) is 11.8 Å². The van der Waals surface area contributed by atoms with Gasteiger partial charge < -0.3 is 10.6 Å². The smallest absolute Gasteiger partial charge is 0.267 e. The van der Waals surface area contributed by atoms with Crippen LogP contribution in [0.3, 0.4) is 0 Å². The van der Waals surface area contributed by atoms with E-state index in [4.69, 9.17) is 34.8 Å². The molecule has 30 heavy (non-hydrogen) atoms. The lowest BCUT2D eigenvalue weighted by atomic mass is 10.1. The summed E-state index contributed by atoms with van der Waals surface area (Å²) in [7, 11) is 0. The summed E-state index contributed by atoms with van der Waals surface area (Å²) in [6, 6.07) is 19.0. The summed E-state index contributed by atoms with van der Waals surface area (Å²) in [6.07, 6.45) is 0. The lowest BCUT2D eigenvalue weighted by Crippen LogP contribution is -2.18. The first-order valence-corrected chi connectivity index (χ1v) is 10.7. The number of halogens is 3. The van der Waals surface area contributed by atoms with Crippen LogP contribution in [0.2, 0.25) is 15.1 Å². The van der Waals surface area contributed by atoms with Crippen molar-refractivity contribution in [3.05, 3.63) is 92.2 Å². The highest BCUT2D eigenvalue weighted by Gasteiger charge is 2.21. The van der Waals surface area contributed by atoms with Gasteiger partial charge in [-0.05, 0) is 42.5 Å². The predicted octanol–water partition coefficient (Wildman–Crippen LogP) is 7.37. The number of nitrogens with one attached hydrogen (secondary N) is 2. The van der Waals surface area contributed by atoms with Gasteiger partial charge >= 0.3 is 0 Å². The van der Waals surface area contributed by atoms with Crippen LogP contribution in [-0.2, 0) is 0 Å². The molecule has 0 unspecified atom stereocenters. The molecule has 1 heterocycles. The molecule has 0 radical (unpaired) electrons. The summed E-state index contributed by atoms with van der Waals surface area (Å²) in [6.45, 7) is 0. The Balaban J connectivity index is 1.64. The minimum Gasteiger partial charge on any atom is -0.322 e. The van der Waals surface area contributed by atoms with Crippen molar-refractivity contribution in [2.24, 2.45) is 0 Å². The quantitative estimate of drug-likeness (QED) is 0.324. The molecule has 0 aliphatic heterocycles. The van der Waals surface area contributed by atoms with Crippen molar-refractivity contribution in [2.45, 2.75) is 0 Å². The third-order valence-electron chi connectivity index (χ3n) is 4.34. The van der Waals surface area contributed by atoms with Crippen molar-refractivity contribution in [3.8, 4) is 0 Å². The topological polar surface area (TPSA) is 58.2 Å². The van der Waals surface area contributed by atoms with E-state index in [1.54, 1.807) is 42.5 Å². The number of hydrogen-bond donors (Lipinski definition) is 2. The van der Waals surface area contributed by atoms with Crippen molar-refractivity contribution in [2.75, 3.05) is 10.6 Å². The number of para-hydroxylation sites is 1. The van der Waals surface area contributed by atoms with E-state index in [2.05, 4.69) is 10.6 Å². The second-order valence-corrected chi connectivity index (χ2v) is 8.59. The normalized spacial score (nSPS) is 10.8. The fraction of sp³-hybridized carbons (Fsp3) is 0. The molecule has 4 rings (SSSR count). The maximum atomic E-state index is 12.9. The molecule has 1 aromatic heterocycles. The third-order valence-corrected chi connectivity index (χ3v) is 6.58. The second kappa shape index (κ2) is 8.66. The SMILES string of the molecule is O=C(Nc1ccc(Cl)cc1)c1cccc(Cl)c1NC(=O)c1sc2ccccc2c1Cl. The Labute approximate surface area is 191 Å². The van der Waals surface area contributed by atoms with Crippen LogP contribution in [0.1, 0.15) is 20.0 Å². The van der Waals surface area contributed by atoms with Gasteiger partial charge in [0, 0.05) is 20.8 Å². The lowest BCUT2D eigenvalue weighted by Gasteiger charge is -2.13. The molecule has 0 aliphatic carbocycles. The molecule has 0 saturated heterocycles. The number of amides is 2. The van der Waals surface area contributed by atoms with Gasteiger partial charge in [0.1, 0.15) is 4.88 Å². The van der Waals surface area contributed by atoms with E-state index in [0.29, 0.717) is 20.6 Å². The van der Waals surface area contributed by atoms with Crippen molar-refractivity contribution in [1.82, 2.24) is 0 Å². The highest BCUT2D eigenvalue weighted by molar-refractivity contribution is 7.21. The molecule has 4 aromatic rings. The molecule has 2 amide bonds. The van der Waals surface area contributed by atoms with Gasteiger partial charge in [-0.1, -0.05) is 59.1 Å². The summed E-state index contributed by atoms with van der Waals surface area (Å²) < 4.78 is 0.896. The van der Waals surface area contributed by atoms with E-state index in [-0.39, 0.29) is 16.3 Å². The number of carbonyl (C=O) groups excluding carboxylic acids is 2. The summed E-state index contributed by atoms with van der Waals surface area (Å²) in [5.74, 6) is -0.854. The molecule has 2 N–H and O–H groups in total. The zero-order chi connectivity index (χ0) is 21.3. The van der Waals surface area contributed by atoms with Crippen molar-refractivity contribution in [3.63, 3.8) is 0 Å². The zero-order valence-electron chi connectivity index (χ0n) is 15.2. The molecule has 0 fully saturated rings. The summed E-state index contributed by atoms with van der Waals surface area (Å²) in [5.41, 5.74) is 1.00. The zero-order valence-corrected chi connectivity index (χ0v) is 18.3. The molecular formula is C22H13Cl3N2O2S. The van der Waals surface area contributed by atoms with E-state index in [1.165, 1.54) is 11.3 Å². The molecule has 8 heteroatoms. The average molecular weight is 476 g/mol. The van der Waals surface area contributed by atoms with Gasteiger partial charge in [0.15, 0.2) is 0 Å². The molecule has 3 aromatic carbocycles. The van der Waals surface area contributed by atoms with Crippen LogP contribution in [0, 0.1) is 0 Å². The van der Waals surface area contributed by atoms with Gasteiger partial charge in [-0.3, -0.25) is 9.59 Å². The molecule has 0 atom stereocenters. The van der Waals surface area contributed by atoms with Gasteiger partial charge in [-0.15, -0.1) is 11.3 Å². The van der Waals surface area contributed by atoms with Crippen LogP contribution in [-0.4, -0.2) is 11.8 Å². The summed E-state index contributed by atoms with van der Waals surface area (Å²) in [4.78, 5) is 26.1. The largest absolute Gasteiger partial charge is 0.322 e. The van der Waals surface area contributed by atoms with Crippen LogP contribution in [0.25, 0.3) is 10.1 Å². The number of carbonyl (C=O) groups is 2. The van der Waals surface area contributed by atoms with E-state index < -0.39 is 11.8 Å². The Hall–Kier alpha value is -2.57. The van der Waals surface area contributed by atoms with Crippen LogP contribution in [0.5, 0.6) is 0 Å². The number of rotatable bonds is 4. The third kappa shape index (κ3) is 4.16. The van der Waals surface area contributed by atoms with Crippen LogP contribution in [0.4, 0.5) is 11.4 Å². The van der Waals surface area contributed by atoms with E-state index in [0.717, 1.165) is 10.1 Å². The molecule has 0 spiro atoms. The fourth-order valence-corrected chi connectivity index (χ4v) is 4.66. The minimum atomic E-state index is -0.435. The van der Waals surface area contributed by atoms with Crippen LogP contribution >= 0.6 is 46.1 Å². The fourth-order valence-electron chi connectivity index (χ4n) is 2.90. The maximum Gasteiger partial charge on any atom is 0.267 e. The highest BCUT2D eigenvalue weighted by Crippen LogP contribution is 2.36. The molecular weight excluding hydrogens is 463 g/mol. The molecule has 4 nitrogen and oxygen atoms in total. The summed E-state index contributed by atoms with van der Waals surface area (Å²) >= 11 is 19.9. The number of thiophene rings is 1. The number of fused-ring (bicyclic) bond motifs is 1. The first-order valence-electron chi connectivity index (χ1n) is 8.78. The number of hydrogen-bond acceptors (Lipinski definition) is 3. The van der Waals surface area contributed by atoms with Crippen molar-refractivity contribution >= 4 is 79.4 Å². The van der Waals surface area contributed by atoms with Crippen molar-refractivity contribution < 1.29 is 9.59 Å². The van der Waals surface area contributed by atoms with Crippen LogP contribution in [0.15, 0.2) is 66.7 Å². The standard InChI is InChI=1S/C22H13Cl3N2O2S/c23-12-8-10-13(11-9-12)26-21(28)15-5-3-6-16(24)19(15)27-22(29)20-18(25)14-4-1-2-7-17(14)30-20/h1-11H,(H,26,28)(H,27,29). The second-order valence-electron chi connectivity index (χ2n) is 6.32. The predicted molar refractivity (Wildman–Crippen MR) is 126 cm³/mol. The Kier molecular flexibility index (Phi) is 5.97. The van der Waals surface area contributed by atoms with Gasteiger partial charge in [-0.2, -0.15) is 0 Å². The Morgan fingerprint density at radius 1 is 0.767 bits per heavy atom. The highest BCUT2D eigenvalue weighted by atomic mass is 35.5. The Bertz CT molecular complexity index is 1270. The van der Waals surface area contributed by atoms with E-state index in [9.17, 15) is 9.59 Å². The number of anilines is 2. The first-order chi connectivity index (χ1) is 14.4. The molecule has 0 bridgehead atoms. The Morgan fingerprint density at radius 2 is 1.50 bits per heavy atom. The molecule has 150 valence electrons. The van der Waals surface area contributed by atoms with E-state index in [1.807, 2.05) is 24.3 Å². The van der Waals surface area contributed by atoms with Crippen molar-refractivity contribution in [1.29, 1.82) is 0 Å². The summed E-state index contributed by atoms with van der Waals surface area (Å²) in [5, 5.41) is 7.48. The first kappa shape index (κ1) is 20.7. The minimum absolute atomic E-state index is 0.212. The molecule has 0 aliphatic rings. The van der Waals surface area contributed by atoms with Gasteiger partial charge in [-0.25, -0.2) is 0 Å². The lowest BCUT2D eigenvalue weighted by molar-refractivity contribution is 0.102.